The summed E-state index contributed by atoms with van der Waals surface area (Å²) in [5, 5.41) is 13.2. The number of aliphatic hydroxyl groups is 1. The SMILES string of the molecule is CC(C)C[C@@H](NC(=O)c1ccccc1OCc1ncc(C(C)(C)C)o1)C(=O)N1C[C@@H](O)C[C@@H]1C(=O)N(C)C(C)C. The van der Waals surface area contributed by atoms with E-state index in [2.05, 4.69) is 10.3 Å². The van der Waals surface area contributed by atoms with E-state index < -0.39 is 24.1 Å². The number of amides is 3. The average Bonchev–Trinajstić information content (AvgIpc) is 3.52. The van der Waals surface area contributed by atoms with Crippen molar-refractivity contribution in [3.63, 3.8) is 0 Å². The van der Waals surface area contributed by atoms with Crippen LogP contribution in [0.2, 0.25) is 0 Å². The molecule has 10 heteroatoms. The van der Waals surface area contributed by atoms with Gasteiger partial charge in [-0.3, -0.25) is 14.4 Å². The number of benzene rings is 1. The summed E-state index contributed by atoms with van der Waals surface area (Å²) in [4.78, 5) is 47.6. The number of aliphatic hydroxyl groups excluding tert-OH is 1. The van der Waals surface area contributed by atoms with Crippen molar-refractivity contribution in [3.8, 4) is 5.75 Å². The number of nitrogens with one attached hydrogen (secondary N) is 1. The topological polar surface area (TPSA) is 125 Å². The van der Waals surface area contributed by atoms with Crippen LogP contribution in [0.4, 0.5) is 0 Å². The molecule has 1 fully saturated rings. The van der Waals surface area contributed by atoms with Crippen LogP contribution in [0, 0.1) is 5.92 Å². The summed E-state index contributed by atoms with van der Waals surface area (Å²) in [6, 6.07) is 5.06. The Morgan fingerprint density at radius 2 is 1.88 bits per heavy atom. The lowest BCUT2D eigenvalue weighted by Crippen LogP contribution is -2.54. The van der Waals surface area contributed by atoms with Crippen molar-refractivity contribution in [2.75, 3.05) is 13.6 Å². The number of likely N-dealkylation sites (tertiary alicyclic amines) is 1. The molecule has 1 aliphatic heterocycles. The predicted octanol–water partition coefficient (Wildman–Crippen LogP) is 3.52. The zero-order valence-electron chi connectivity index (χ0n) is 24.9. The first kappa shape index (κ1) is 31.1. The number of aromatic nitrogens is 1. The highest BCUT2D eigenvalue weighted by Crippen LogP contribution is 2.26. The van der Waals surface area contributed by atoms with E-state index in [4.69, 9.17) is 9.15 Å². The molecule has 2 aromatic rings. The second kappa shape index (κ2) is 12.8. The molecule has 3 atom stereocenters. The lowest BCUT2D eigenvalue weighted by Gasteiger charge is -2.32. The molecule has 0 saturated carbocycles. The summed E-state index contributed by atoms with van der Waals surface area (Å²) in [5.74, 6) is 0.450. The fourth-order valence-electron chi connectivity index (χ4n) is 4.55. The zero-order valence-corrected chi connectivity index (χ0v) is 24.9. The first-order valence-electron chi connectivity index (χ1n) is 13.9. The quantitative estimate of drug-likeness (QED) is 0.459. The van der Waals surface area contributed by atoms with Crippen molar-refractivity contribution in [2.24, 2.45) is 5.92 Å². The highest BCUT2D eigenvalue weighted by molar-refractivity contribution is 6.00. The molecule has 2 N–H and O–H groups in total. The molecule has 0 unspecified atom stereocenters. The van der Waals surface area contributed by atoms with Gasteiger partial charge in [0.05, 0.1) is 17.9 Å². The maximum atomic E-state index is 13.8. The Bertz CT molecular complexity index is 1180. The largest absolute Gasteiger partial charge is 0.483 e. The van der Waals surface area contributed by atoms with Gasteiger partial charge in [-0.25, -0.2) is 4.98 Å². The Labute approximate surface area is 237 Å². The van der Waals surface area contributed by atoms with Gasteiger partial charge in [0.2, 0.25) is 17.7 Å². The van der Waals surface area contributed by atoms with Crippen LogP contribution in [-0.2, 0) is 21.6 Å². The molecule has 3 rings (SSSR count). The number of β-amino-alcohol motifs (C(OH)–C–C–N with tert-alkyl or cyclic N) is 1. The number of rotatable bonds is 10. The Kier molecular flexibility index (Phi) is 10.00. The van der Waals surface area contributed by atoms with E-state index in [0.29, 0.717) is 18.1 Å². The van der Waals surface area contributed by atoms with E-state index in [-0.39, 0.29) is 54.3 Å². The van der Waals surface area contributed by atoms with Crippen molar-refractivity contribution in [2.45, 2.75) is 97.6 Å². The molecule has 0 radical (unpaired) electrons. The second-order valence-corrected chi connectivity index (χ2v) is 12.2. The Morgan fingerprint density at radius 1 is 1.20 bits per heavy atom. The molecular weight excluding hydrogens is 512 g/mol. The van der Waals surface area contributed by atoms with Crippen LogP contribution in [0.15, 0.2) is 34.9 Å². The molecule has 0 bridgehead atoms. The number of carbonyl (C=O) groups excluding carboxylic acids is 3. The standard InChI is InChI=1S/C30H44N4O6/c1-18(2)13-22(28(37)34-16-20(35)14-23(34)29(38)33(8)19(3)4)32-27(36)21-11-9-10-12-24(21)39-17-26-31-15-25(40-26)30(5,6)7/h9-12,15,18-20,22-23,35H,13-14,16-17H2,1-8H3,(H,32,36)/t20-,22+,23+/m0/s1. The fraction of sp³-hybridized carbons (Fsp3) is 0.600. The first-order valence-corrected chi connectivity index (χ1v) is 13.9. The average molecular weight is 557 g/mol. The van der Waals surface area contributed by atoms with E-state index in [1.807, 2.05) is 48.5 Å². The molecule has 0 aliphatic carbocycles. The third-order valence-electron chi connectivity index (χ3n) is 7.06. The first-order chi connectivity index (χ1) is 18.7. The maximum Gasteiger partial charge on any atom is 0.255 e. The van der Waals surface area contributed by atoms with Crippen molar-refractivity contribution in [1.82, 2.24) is 20.1 Å². The summed E-state index contributed by atoms with van der Waals surface area (Å²) in [6.45, 7) is 13.8. The molecule has 3 amide bonds. The predicted molar refractivity (Wildman–Crippen MR) is 151 cm³/mol. The van der Waals surface area contributed by atoms with Gasteiger partial charge < -0.3 is 29.4 Å². The fourth-order valence-corrected chi connectivity index (χ4v) is 4.55. The second-order valence-electron chi connectivity index (χ2n) is 12.2. The van der Waals surface area contributed by atoms with Gasteiger partial charge in [0.25, 0.3) is 5.91 Å². The van der Waals surface area contributed by atoms with E-state index in [1.165, 1.54) is 4.90 Å². The minimum Gasteiger partial charge on any atom is -0.483 e. The maximum absolute atomic E-state index is 13.8. The number of ether oxygens (including phenoxy) is 1. The van der Waals surface area contributed by atoms with Gasteiger partial charge >= 0.3 is 0 Å². The summed E-state index contributed by atoms with van der Waals surface area (Å²) >= 11 is 0. The third-order valence-corrected chi connectivity index (χ3v) is 7.06. The van der Waals surface area contributed by atoms with E-state index in [1.54, 1.807) is 42.4 Å². The molecule has 220 valence electrons. The van der Waals surface area contributed by atoms with Crippen molar-refractivity contribution >= 4 is 17.7 Å². The Morgan fingerprint density at radius 3 is 2.48 bits per heavy atom. The molecular formula is C30H44N4O6. The molecule has 1 aromatic carbocycles. The monoisotopic (exact) mass is 556 g/mol. The van der Waals surface area contributed by atoms with Crippen LogP contribution in [0.3, 0.4) is 0 Å². The van der Waals surface area contributed by atoms with Gasteiger partial charge in [0.1, 0.15) is 23.6 Å². The van der Waals surface area contributed by atoms with Crippen LogP contribution in [0.1, 0.15) is 83.3 Å². The lowest BCUT2D eigenvalue weighted by atomic mass is 9.94. The van der Waals surface area contributed by atoms with Gasteiger partial charge in [0.15, 0.2) is 6.61 Å². The molecule has 1 aliphatic rings. The minimum absolute atomic E-state index is 0.0353. The summed E-state index contributed by atoms with van der Waals surface area (Å²) in [6.07, 6.45) is 1.40. The summed E-state index contributed by atoms with van der Waals surface area (Å²) in [5.41, 5.74) is 0.0699. The smallest absolute Gasteiger partial charge is 0.255 e. The molecule has 40 heavy (non-hydrogen) atoms. The zero-order chi connectivity index (χ0) is 29.8. The molecule has 1 saturated heterocycles. The number of hydrogen-bond acceptors (Lipinski definition) is 7. The molecule has 2 heterocycles. The van der Waals surface area contributed by atoms with Gasteiger partial charge in [0, 0.05) is 31.5 Å². The Hall–Kier alpha value is -3.40. The third kappa shape index (κ3) is 7.62. The van der Waals surface area contributed by atoms with Crippen LogP contribution in [0.5, 0.6) is 5.75 Å². The van der Waals surface area contributed by atoms with Crippen LogP contribution >= 0.6 is 0 Å². The molecule has 10 nitrogen and oxygen atoms in total. The number of carbonyl (C=O) groups is 3. The number of para-hydroxylation sites is 1. The minimum atomic E-state index is -0.883. The van der Waals surface area contributed by atoms with Gasteiger partial charge in [-0.05, 0) is 38.3 Å². The van der Waals surface area contributed by atoms with Crippen LogP contribution < -0.4 is 10.1 Å². The van der Waals surface area contributed by atoms with E-state index in [9.17, 15) is 19.5 Å². The van der Waals surface area contributed by atoms with Crippen molar-refractivity contribution in [1.29, 1.82) is 0 Å². The van der Waals surface area contributed by atoms with Gasteiger partial charge in [-0.1, -0.05) is 46.8 Å². The summed E-state index contributed by atoms with van der Waals surface area (Å²) in [7, 11) is 1.69. The number of likely N-dealkylation sites (N-methyl/N-ethyl adjacent to an activating group) is 1. The molecule has 1 aromatic heterocycles. The normalized spacial score (nSPS) is 18.2. The highest BCUT2D eigenvalue weighted by atomic mass is 16.5. The van der Waals surface area contributed by atoms with Gasteiger partial charge in [-0.2, -0.15) is 0 Å². The van der Waals surface area contributed by atoms with Crippen LogP contribution in [0.25, 0.3) is 0 Å². The number of nitrogens with zero attached hydrogens (tertiary/aromatic N) is 3. The Balaban J connectivity index is 1.78. The number of hydrogen-bond donors (Lipinski definition) is 2. The lowest BCUT2D eigenvalue weighted by molar-refractivity contribution is -0.145. The van der Waals surface area contributed by atoms with Crippen molar-refractivity contribution in [3.05, 3.63) is 47.7 Å². The van der Waals surface area contributed by atoms with Gasteiger partial charge in [-0.15, -0.1) is 0 Å². The summed E-state index contributed by atoms with van der Waals surface area (Å²) < 4.78 is 11.7. The van der Waals surface area contributed by atoms with E-state index >= 15 is 0 Å². The van der Waals surface area contributed by atoms with Crippen LogP contribution in [-0.4, -0.2) is 75.4 Å². The number of oxazole rings is 1. The highest BCUT2D eigenvalue weighted by Gasteiger charge is 2.43. The van der Waals surface area contributed by atoms with E-state index in [0.717, 1.165) is 5.76 Å². The van der Waals surface area contributed by atoms with Crippen molar-refractivity contribution < 1.29 is 28.6 Å². The molecule has 0 spiro atoms.